The molecular formula is C9H11F3N4O. The Morgan fingerprint density at radius 1 is 1.41 bits per heavy atom. The first-order chi connectivity index (χ1) is 7.88. The quantitative estimate of drug-likeness (QED) is 0.828. The van der Waals surface area contributed by atoms with Crippen molar-refractivity contribution in [2.45, 2.75) is 25.9 Å². The topological polar surface area (TPSA) is 75.1 Å². The molecule has 0 aliphatic carbocycles. The lowest BCUT2D eigenvalue weighted by molar-refractivity contribution is -0.0605. The molecule has 0 atom stereocenters. The highest BCUT2D eigenvalue weighted by molar-refractivity contribution is 6.11. The van der Waals surface area contributed by atoms with E-state index in [0.717, 1.165) is 0 Å². The van der Waals surface area contributed by atoms with Crippen molar-refractivity contribution in [1.29, 1.82) is 5.41 Å². The van der Waals surface area contributed by atoms with Gasteiger partial charge in [0.1, 0.15) is 11.4 Å². The predicted octanol–water partition coefficient (Wildman–Crippen LogP) is 2.02. The summed E-state index contributed by atoms with van der Waals surface area (Å²) in [5.41, 5.74) is -1.44. The third-order valence-corrected chi connectivity index (χ3v) is 1.97. The fourth-order valence-corrected chi connectivity index (χ4v) is 1.03. The minimum Gasteiger partial charge on any atom is -0.420 e. The first-order valence-electron chi connectivity index (χ1n) is 4.81. The van der Waals surface area contributed by atoms with Crippen LogP contribution in [0.3, 0.4) is 0 Å². The Balaban J connectivity index is 2.84. The monoisotopic (exact) mass is 248 g/mol. The summed E-state index contributed by atoms with van der Waals surface area (Å²) in [6, 6.07) is 0. The summed E-state index contributed by atoms with van der Waals surface area (Å²) in [5.74, 6) is 0.248. The number of alkyl halides is 3. The average Bonchev–Trinajstić information content (AvgIpc) is 2.72. The van der Waals surface area contributed by atoms with Gasteiger partial charge in [0.2, 0.25) is 5.89 Å². The highest BCUT2D eigenvalue weighted by atomic mass is 19.4. The fourth-order valence-electron chi connectivity index (χ4n) is 1.03. The zero-order chi connectivity index (χ0) is 13.1. The van der Waals surface area contributed by atoms with Gasteiger partial charge in [0.15, 0.2) is 0 Å². The largest absolute Gasteiger partial charge is 0.429 e. The van der Waals surface area contributed by atoms with Crippen molar-refractivity contribution in [3.63, 3.8) is 0 Å². The van der Waals surface area contributed by atoms with Crippen LogP contribution in [0.25, 0.3) is 0 Å². The average molecular weight is 248 g/mol. The van der Waals surface area contributed by atoms with Crippen molar-refractivity contribution in [1.82, 2.24) is 10.2 Å². The third-order valence-electron chi connectivity index (χ3n) is 1.97. The lowest BCUT2D eigenvalue weighted by atomic mass is 10.1. The Labute approximate surface area is 95.3 Å². The first-order valence-corrected chi connectivity index (χ1v) is 4.81. The highest BCUT2D eigenvalue weighted by Gasteiger charge is 2.35. The number of rotatable bonds is 4. The fraction of sp³-hybridized carbons (Fsp3) is 0.556. The van der Waals surface area contributed by atoms with Gasteiger partial charge in [-0.05, 0) is 0 Å². The molecule has 0 amide bonds. The van der Waals surface area contributed by atoms with Gasteiger partial charge in [0.25, 0.3) is 5.89 Å². The van der Waals surface area contributed by atoms with Crippen molar-refractivity contribution in [3.05, 3.63) is 11.8 Å². The summed E-state index contributed by atoms with van der Waals surface area (Å²) in [5, 5.41) is 14.1. The van der Waals surface area contributed by atoms with Gasteiger partial charge in [-0.25, -0.2) is 0 Å². The van der Waals surface area contributed by atoms with E-state index in [0.29, 0.717) is 12.3 Å². The minimum atomic E-state index is -4.66. The predicted molar refractivity (Wildman–Crippen MR) is 54.5 cm³/mol. The molecule has 1 aromatic heterocycles. The van der Waals surface area contributed by atoms with Crippen LogP contribution >= 0.6 is 0 Å². The maximum Gasteiger partial charge on any atom is 0.429 e. The summed E-state index contributed by atoms with van der Waals surface area (Å²) in [7, 11) is 1.31. The Kier molecular flexibility index (Phi) is 3.97. The molecule has 1 aromatic rings. The van der Waals surface area contributed by atoms with Gasteiger partial charge in [-0.15, -0.1) is 10.2 Å². The van der Waals surface area contributed by atoms with E-state index in [-0.39, 0.29) is 11.6 Å². The maximum atomic E-state index is 12.2. The number of halogens is 3. The Bertz CT molecular complexity index is 436. The molecule has 1 rings (SSSR count). The zero-order valence-corrected chi connectivity index (χ0v) is 9.30. The van der Waals surface area contributed by atoms with E-state index in [2.05, 4.69) is 15.2 Å². The molecule has 5 nitrogen and oxygen atoms in total. The minimum absolute atomic E-state index is 0.0421. The maximum absolute atomic E-state index is 12.2. The van der Waals surface area contributed by atoms with Crippen LogP contribution in [-0.4, -0.2) is 34.8 Å². The molecular weight excluding hydrogens is 237 g/mol. The van der Waals surface area contributed by atoms with Crippen LogP contribution in [0, 0.1) is 5.41 Å². The number of hydrogen-bond acceptors (Lipinski definition) is 5. The number of aromatic nitrogens is 2. The lowest BCUT2D eigenvalue weighted by Gasteiger charge is -2.07. The molecule has 0 aliphatic rings. The zero-order valence-electron chi connectivity index (χ0n) is 9.30. The Morgan fingerprint density at radius 2 is 2.06 bits per heavy atom. The van der Waals surface area contributed by atoms with Gasteiger partial charge in [-0.1, -0.05) is 6.92 Å². The van der Waals surface area contributed by atoms with E-state index in [9.17, 15) is 13.2 Å². The normalized spacial score (nSPS) is 12.9. The summed E-state index contributed by atoms with van der Waals surface area (Å²) >= 11 is 0. The van der Waals surface area contributed by atoms with E-state index >= 15 is 0 Å². The molecule has 0 spiro atoms. The van der Waals surface area contributed by atoms with E-state index in [1.54, 1.807) is 6.92 Å². The molecule has 0 unspecified atom stereocenters. The molecule has 1 N–H and O–H groups in total. The molecule has 0 saturated carbocycles. The van der Waals surface area contributed by atoms with Gasteiger partial charge in [-0.2, -0.15) is 13.2 Å². The van der Waals surface area contributed by atoms with Crippen LogP contribution in [0.5, 0.6) is 0 Å². The van der Waals surface area contributed by atoms with Gasteiger partial charge >= 0.3 is 6.18 Å². The van der Waals surface area contributed by atoms with E-state index in [1.165, 1.54) is 7.05 Å². The number of aryl methyl sites for hydroxylation is 1. The molecule has 94 valence electrons. The molecule has 0 aromatic carbocycles. The lowest BCUT2D eigenvalue weighted by Crippen LogP contribution is -2.25. The van der Waals surface area contributed by atoms with Gasteiger partial charge < -0.3 is 9.83 Å². The Hall–Kier alpha value is -1.73. The highest BCUT2D eigenvalue weighted by Crippen LogP contribution is 2.19. The van der Waals surface area contributed by atoms with E-state index in [1.807, 2.05) is 0 Å². The second kappa shape index (κ2) is 5.07. The second-order valence-corrected chi connectivity index (χ2v) is 3.18. The van der Waals surface area contributed by atoms with Crippen molar-refractivity contribution >= 4 is 11.4 Å². The van der Waals surface area contributed by atoms with Gasteiger partial charge in [-0.3, -0.25) is 4.99 Å². The summed E-state index contributed by atoms with van der Waals surface area (Å²) in [4.78, 5) is 3.64. The van der Waals surface area contributed by atoms with Crippen LogP contribution in [0.15, 0.2) is 9.41 Å². The summed E-state index contributed by atoms with van der Waals surface area (Å²) in [6.45, 7) is 1.78. The molecule has 0 fully saturated rings. The molecule has 17 heavy (non-hydrogen) atoms. The van der Waals surface area contributed by atoms with Gasteiger partial charge in [0.05, 0.1) is 0 Å². The molecule has 0 radical (unpaired) electrons. The number of aliphatic imine (C=N–C) groups is 1. The van der Waals surface area contributed by atoms with E-state index in [4.69, 9.17) is 9.83 Å². The molecule has 0 aliphatic heterocycles. The standard InChI is InChI=1S/C9H11F3N4O/c1-3-7-15-16-8(17-7)5(14-2)4-6(13)9(10,11)12/h13H,3-4H2,1-2H3. The molecule has 0 bridgehead atoms. The number of nitrogens with one attached hydrogen (secondary N) is 1. The first kappa shape index (κ1) is 13.3. The SMILES string of the molecule is CCc1nnc(C(CC(=N)C(F)(F)F)=NC)o1. The molecule has 0 saturated heterocycles. The van der Waals surface area contributed by atoms with Crippen molar-refractivity contribution in [2.75, 3.05) is 7.05 Å². The van der Waals surface area contributed by atoms with Crippen LogP contribution in [0.1, 0.15) is 25.1 Å². The number of hydrogen-bond donors (Lipinski definition) is 1. The van der Waals surface area contributed by atoms with Gasteiger partial charge in [0, 0.05) is 19.9 Å². The van der Waals surface area contributed by atoms with Crippen LogP contribution < -0.4 is 0 Å². The van der Waals surface area contributed by atoms with Crippen molar-refractivity contribution < 1.29 is 17.6 Å². The number of nitrogens with zero attached hydrogens (tertiary/aromatic N) is 3. The van der Waals surface area contributed by atoms with Crippen LogP contribution in [0.4, 0.5) is 13.2 Å². The second-order valence-electron chi connectivity index (χ2n) is 3.18. The molecule has 8 heteroatoms. The van der Waals surface area contributed by atoms with Crippen molar-refractivity contribution in [2.24, 2.45) is 4.99 Å². The summed E-state index contributed by atoms with van der Waals surface area (Å²) in [6.07, 6.45) is -4.85. The smallest absolute Gasteiger partial charge is 0.420 e. The Morgan fingerprint density at radius 3 is 2.47 bits per heavy atom. The van der Waals surface area contributed by atoms with Crippen LogP contribution in [0.2, 0.25) is 0 Å². The van der Waals surface area contributed by atoms with Crippen LogP contribution in [-0.2, 0) is 6.42 Å². The summed E-state index contributed by atoms with van der Waals surface area (Å²) < 4.78 is 41.6. The third kappa shape index (κ3) is 3.36. The van der Waals surface area contributed by atoms with E-state index < -0.39 is 18.3 Å². The molecule has 1 heterocycles. The van der Waals surface area contributed by atoms with Crippen molar-refractivity contribution in [3.8, 4) is 0 Å².